The van der Waals surface area contributed by atoms with Crippen molar-refractivity contribution in [2.24, 2.45) is 0 Å². The normalized spacial score (nSPS) is 10.5. The van der Waals surface area contributed by atoms with Crippen LogP contribution in [0.5, 0.6) is 0 Å². The van der Waals surface area contributed by atoms with Crippen molar-refractivity contribution in [2.75, 3.05) is 5.75 Å². The molecule has 3 aromatic rings. The number of tetrazole rings is 1. The summed E-state index contributed by atoms with van der Waals surface area (Å²) in [6.07, 6.45) is 0.749. The Balaban J connectivity index is 1.32. The van der Waals surface area contributed by atoms with E-state index in [2.05, 4.69) is 26.3 Å². The van der Waals surface area contributed by atoms with E-state index in [1.54, 1.807) is 12.1 Å². The molecule has 2 aromatic carbocycles. The summed E-state index contributed by atoms with van der Waals surface area (Å²) in [6, 6.07) is 16.7. The minimum absolute atomic E-state index is 0.188. The van der Waals surface area contributed by atoms with E-state index in [1.165, 1.54) is 16.6 Å². The number of benzene rings is 2. The van der Waals surface area contributed by atoms with Crippen LogP contribution in [0.15, 0.2) is 59.5 Å². The molecule has 0 unspecified atom stereocenters. The molecule has 0 saturated carbocycles. The zero-order valence-electron chi connectivity index (χ0n) is 15.4. The van der Waals surface area contributed by atoms with Crippen LogP contribution in [-0.4, -0.2) is 37.8 Å². The molecule has 1 aromatic heterocycles. The zero-order valence-corrected chi connectivity index (χ0v) is 17.0. The number of nitrogens with zero attached hydrogens (tertiary/aromatic N) is 4. The lowest BCUT2D eigenvalue weighted by atomic mass is 10.2. The van der Waals surface area contributed by atoms with Crippen molar-refractivity contribution in [1.82, 2.24) is 31.1 Å². The smallest absolute Gasteiger partial charge is 0.248 e. The third kappa shape index (κ3) is 6.88. The summed E-state index contributed by atoms with van der Waals surface area (Å²) >= 11 is 7.18. The van der Waals surface area contributed by atoms with Crippen LogP contribution in [0.1, 0.15) is 12.8 Å². The van der Waals surface area contributed by atoms with E-state index in [-0.39, 0.29) is 24.0 Å². The molecule has 2 N–H and O–H groups in total. The van der Waals surface area contributed by atoms with Gasteiger partial charge in [-0.3, -0.25) is 20.4 Å². The molecule has 0 atom stereocenters. The largest absolute Gasteiger partial charge is 0.273 e. The number of rotatable bonds is 8. The number of hydrogen-bond donors (Lipinski definition) is 2. The highest BCUT2D eigenvalue weighted by Gasteiger charge is 2.08. The van der Waals surface area contributed by atoms with Crippen LogP contribution >= 0.6 is 23.4 Å². The van der Waals surface area contributed by atoms with Crippen LogP contribution in [0, 0.1) is 0 Å². The average Bonchev–Trinajstić information content (AvgIpc) is 3.21. The molecular formula is C19H19ClN6O2S. The summed E-state index contributed by atoms with van der Waals surface area (Å²) in [5.41, 5.74) is 5.69. The Bertz CT molecular complexity index is 949. The zero-order chi connectivity index (χ0) is 20.5. The number of amides is 2. The number of halogens is 1. The number of carbonyl (C=O) groups is 2. The van der Waals surface area contributed by atoms with Crippen molar-refractivity contribution in [3.8, 4) is 11.4 Å². The van der Waals surface area contributed by atoms with E-state index in [1.807, 2.05) is 42.5 Å². The molecule has 2 amide bonds. The molecule has 8 nitrogen and oxygen atoms in total. The molecule has 0 fully saturated rings. The monoisotopic (exact) mass is 430 g/mol. The van der Waals surface area contributed by atoms with Crippen LogP contribution in [0.3, 0.4) is 0 Å². The fourth-order valence-electron chi connectivity index (χ4n) is 2.34. The summed E-state index contributed by atoms with van der Waals surface area (Å²) in [5.74, 6) is 0.162. The molecule has 0 aliphatic carbocycles. The first kappa shape index (κ1) is 20.8. The van der Waals surface area contributed by atoms with Gasteiger partial charge >= 0.3 is 0 Å². The Kier molecular flexibility index (Phi) is 7.60. The first-order valence-electron chi connectivity index (χ1n) is 8.89. The number of carbonyl (C=O) groups excluding carboxylic acids is 2. The Labute approximate surface area is 177 Å². The lowest BCUT2D eigenvalue weighted by molar-refractivity contribution is -0.127. The van der Waals surface area contributed by atoms with Gasteiger partial charge in [0.2, 0.25) is 17.6 Å². The molecule has 0 bridgehead atoms. The summed E-state index contributed by atoms with van der Waals surface area (Å²) in [7, 11) is 0. The van der Waals surface area contributed by atoms with Gasteiger partial charge in [-0.15, -0.1) is 22.0 Å². The minimum atomic E-state index is -0.288. The molecule has 0 saturated heterocycles. The third-order valence-corrected chi connectivity index (χ3v) is 5.04. The van der Waals surface area contributed by atoms with Gasteiger partial charge in [0.05, 0.1) is 12.3 Å². The topological polar surface area (TPSA) is 102 Å². The number of hydrogen-bond acceptors (Lipinski definition) is 6. The quantitative estimate of drug-likeness (QED) is 0.421. The fourth-order valence-corrected chi connectivity index (χ4v) is 3.16. The van der Waals surface area contributed by atoms with Crippen molar-refractivity contribution in [1.29, 1.82) is 0 Å². The fraction of sp³-hybridized carbons (Fsp3) is 0.211. The first-order valence-corrected chi connectivity index (χ1v) is 10.3. The van der Waals surface area contributed by atoms with E-state index >= 15 is 0 Å². The summed E-state index contributed by atoms with van der Waals surface area (Å²) < 4.78 is 0. The number of aromatic nitrogens is 4. The molecule has 0 aliphatic heterocycles. The number of thioether (sulfide) groups is 1. The maximum absolute atomic E-state index is 11.9. The second-order valence-corrected chi connectivity index (χ2v) is 7.50. The molecule has 150 valence electrons. The third-order valence-electron chi connectivity index (χ3n) is 3.77. The maximum atomic E-state index is 11.9. The summed E-state index contributed by atoms with van der Waals surface area (Å²) in [5, 5.41) is 12.9. The Morgan fingerprint density at radius 3 is 2.48 bits per heavy atom. The number of nitrogens with one attached hydrogen (secondary N) is 2. The van der Waals surface area contributed by atoms with Gasteiger partial charge in [0.25, 0.3) is 0 Å². The average molecular weight is 431 g/mol. The lowest BCUT2D eigenvalue weighted by Crippen LogP contribution is -2.42. The highest BCUT2D eigenvalue weighted by Crippen LogP contribution is 2.19. The molecule has 0 aliphatic rings. The Morgan fingerprint density at radius 1 is 1.00 bits per heavy atom. The van der Waals surface area contributed by atoms with Gasteiger partial charge < -0.3 is 0 Å². The van der Waals surface area contributed by atoms with E-state index in [0.29, 0.717) is 23.8 Å². The van der Waals surface area contributed by atoms with Crippen LogP contribution in [0.2, 0.25) is 5.02 Å². The van der Waals surface area contributed by atoms with Crippen molar-refractivity contribution >= 4 is 35.2 Å². The lowest BCUT2D eigenvalue weighted by Gasteiger charge is -2.07. The van der Waals surface area contributed by atoms with Crippen LogP contribution < -0.4 is 10.9 Å². The van der Waals surface area contributed by atoms with E-state index < -0.39 is 0 Å². The maximum Gasteiger partial charge on any atom is 0.248 e. The molecule has 0 spiro atoms. The minimum Gasteiger partial charge on any atom is -0.273 e. The van der Waals surface area contributed by atoms with E-state index in [0.717, 1.165) is 10.5 Å². The van der Waals surface area contributed by atoms with E-state index in [4.69, 9.17) is 11.6 Å². The predicted molar refractivity (Wildman–Crippen MR) is 111 cm³/mol. The van der Waals surface area contributed by atoms with Gasteiger partial charge in [0.15, 0.2) is 0 Å². The second-order valence-electron chi connectivity index (χ2n) is 6.02. The summed E-state index contributed by atoms with van der Waals surface area (Å²) in [4.78, 5) is 26.1. The van der Waals surface area contributed by atoms with Gasteiger partial charge in [-0.05, 0) is 35.9 Å². The van der Waals surface area contributed by atoms with Gasteiger partial charge in [-0.2, -0.15) is 4.80 Å². The SMILES string of the molecule is O=C(CCCn1nnc(-c2ccccc2)n1)NNC(=O)CSc1ccc(Cl)cc1. The van der Waals surface area contributed by atoms with Crippen molar-refractivity contribution < 1.29 is 9.59 Å². The molecule has 0 radical (unpaired) electrons. The van der Waals surface area contributed by atoms with Gasteiger partial charge in [-0.25, -0.2) is 0 Å². The Hall–Kier alpha value is -2.91. The number of hydrazine groups is 1. The van der Waals surface area contributed by atoms with Crippen LogP contribution in [-0.2, 0) is 16.1 Å². The molecule has 10 heteroatoms. The molecule has 3 rings (SSSR count). The number of aryl methyl sites for hydroxylation is 1. The van der Waals surface area contributed by atoms with Crippen molar-refractivity contribution in [3.05, 3.63) is 59.6 Å². The van der Waals surface area contributed by atoms with Crippen LogP contribution in [0.4, 0.5) is 0 Å². The van der Waals surface area contributed by atoms with E-state index in [9.17, 15) is 9.59 Å². The summed E-state index contributed by atoms with van der Waals surface area (Å²) in [6.45, 7) is 0.452. The molecule has 1 heterocycles. The highest BCUT2D eigenvalue weighted by molar-refractivity contribution is 8.00. The second kappa shape index (κ2) is 10.6. The van der Waals surface area contributed by atoms with Gasteiger partial charge in [0, 0.05) is 21.9 Å². The molecule has 29 heavy (non-hydrogen) atoms. The predicted octanol–water partition coefficient (Wildman–Crippen LogP) is 2.71. The van der Waals surface area contributed by atoms with Crippen molar-refractivity contribution in [2.45, 2.75) is 24.3 Å². The van der Waals surface area contributed by atoms with Gasteiger partial charge in [-0.1, -0.05) is 41.9 Å². The van der Waals surface area contributed by atoms with Gasteiger partial charge in [0.1, 0.15) is 0 Å². The van der Waals surface area contributed by atoms with Crippen LogP contribution in [0.25, 0.3) is 11.4 Å². The highest BCUT2D eigenvalue weighted by atomic mass is 35.5. The standard InChI is InChI=1S/C19H19ClN6O2S/c20-15-8-10-16(11-9-15)29-13-18(28)22-21-17(27)7-4-12-26-24-19(23-25-26)14-5-2-1-3-6-14/h1-3,5-6,8-11H,4,7,12-13H2,(H,21,27)(H,22,28). The molecular weight excluding hydrogens is 412 g/mol. The first-order chi connectivity index (χ1) is 14.1. The van der Waals surface area contributed by atoms with Crippen molar-refractivity contribution in [3.63, 3.8) is 0 Å². The Morgan fingerprint density at radius 2 is 1.72 bits per heavy atom.